The van der Waals surface area contributed by atoms with Crippen molar-refractivity contribution >= 4 is 5.69 Å². The van der Waals surface area contributed by atoms with Gasteiger partial charge in [-0.3, -0.25) is 4.90 Å². The van der Waals surface area contributed by atoms with Crippen LogP contribution in [0.1, 0.15) is 19.4 Å². The zero-order chi connectivity index (χ0) is 12.6. The fourth-order valence-electron chi connectivity index (χ4n) is 2.47. The molecule has 1 aromatic carbocycles. The summed E-state index contributed by atoms with van der Waals surface area (Å²) in [4.78, 5) is 4.51. The molecule has 2 atom stereocenters. The summed E-state index contributed by atoms with van der Waals surface area (Å²) in [7, 11) is 2.14. The molecule has 0 amide bonds. The Kier molecular flexibility index (Phi) is 3.38. The Labute approximate surface area is 103 Å². The number of halogens is 1. The second-order valence-corrected chi connectivity index (χ2v) is 5.22. The topological polar surface area (TPSA) is 6.48 Å². The van der Waals surface area contributed by atoms with Crippen LogP contribution in [0.5, 0.6) is 0 Å². The van der Waals surface area contributed by atoms with E-state index in [4.69, 9.17) is 0 Å². The van der Waals surface area contributed by atoms with Gasteiger partial charge >= 0.3 is 0 Å². The highest BCUT2D eigenvalue weighted by Gasteiger charge is 2.27. The highest BCUT2D eigenvalue weighted by Crippen LogP contribution is 2.24. The average Bonchev–Trinajstić information content (AvgIpc) is 2.25. The van der Waals surface area contributed by atoms with E-state index < -0.39 is 0 Å². The van der Waals surface area contributed by atoms with E-state index in [0.717, 1.165) is 24.3 Å². The predicted molar refractivity (Wildman–Crippen MR) is 70.0 cm³/mol. The average molecular weight is 236 g/mol. The Balaban J connectivity index is 2.23. The van der Waals surface area contributed by atoms with Gasteiger partial charge in [-0.1, -0.05) is 6.07 Å². The highest BCUT2D eigenvalue weighted by atomic mass is 19.1. The molecular formula is C14H21FN2. The summed E-state index contributed by atoms with van der Waals surface area (Å²) < 4.78 is 13.9. The second-order valence-electron chi connectivity index (χ2n) is 5.22. The van der Waals surface area contributed by atoms with Gasteiger partial charge in [-0.25, -0.2) is 4.39 Å². The molecule has 0 spiro atoms. The van der Waals surface area contributed by atoms with Gasteiger partial charge in [0.2, 0.25) is 0 Å². The van der Waals surface area contributed by atoms with Crippen LogP contribution >= 0.6 is 0 Å². The summed E-state index contributed by atoms with van der Waals surface area (Å²) in [5.41, 5.74) is 1.71. The molecule has 1 heterocycles. The third kappa shape index (κ3) is 2.44. The molecule has 1 aliphatic heterocycles. The lowest BCUT2D eigenvalue weighted by atomic mass is 10.1. The number of nitrogens with zero attached hydrogens (tertiary/aromatic N) is 2. The molecule has 0 bridgehead atoms. The van der Waals surface area contributed by atoms with Crippen LogP contribution in [0.15, 0.2) is 18.2 Å². The van der Waals surface area contributed by atoms with E-state index in [2.05, 4.69) is 30.7 Å². The molecule has 3 heteroatoms. The molecule has 0 aliphatic carbocycles. The van der Waals surface area contributed by atoms with Crippen molar-refractivity contribution in [2.75, 3.05) is 25.0 Å². The number of hydrogen-bond acceptors (Lipinski definition) is 2. The molecule has 1 fully saturated rings. The van der Waals surface area contributed by atoms with Crippen LogP contribution < -0.4 is 4.90 Å². The molecule has 1 aromatic rings. The minimum absolute atomic E-state index is 0.103. The van der Waals surface area contributed by atoms with Gasteiger partial charge < -0.3 is 4.90 Å². The third-order valence-corrected chi connectivity index (χ3v) is 3.80. The van der Waals surface area contributed by atoms with Crippen LogP contribution in [-0.2, 0) is 0 Å². The summed E-state index contributed by atoms with van der Waals surface area (Å²) in [5.74, 6) is -0.103. The van der Waals surface area contributed by atoms with Gasteiger partial charge in [0.25, 0.3) is 0 Å². The van der Waals surface area contributed by atoms with E-state index in [9.17, 15) is 4.39 Å². The van der Waals surface area contributed by atoms with E-state index >= 15 is 0 Å². The van der Waals surface area contributed by atoms with Gasteiger partial charge in [0, 0.05) is 25.2 Å². The Morgan fingerprint density at radius 1 is 1.18 bits per heavy atom. The van der Waals surface area contributed by atoms with Crippen LogP contribution in [0, 0.1) is 12.7 Å². The molecule has 0 unspecified atom stereocenters. The first-order valence-electron chi connectivity index (χ1n) is 6.22. The molecule has 0 saturated carbocycles. The van der Waals surface area contributed by atoms with E-state index in [1.54, 1.807) is 6.07 Å². The van der Waals surface area contributed by atoms with Gasteiger partial charge in [0.1, 0.15) is 5.82 Å². The maximum absolute atomic E-state index is 13.9. The minimum Gasteiger partial charge on any atom is -0.366 e. The van der Waals surface area contributed by atoms with Crippen molar-refractivity contribution in [1.29, 1.82) is 0 Å². The Morgan fingerprint density at radius 2 is 1.76 bits per heavy atom. The molecule has 2 nitrogen and oxygen atoms in total. The number of likely N-dealkylation sites (N-methyl/N-ethyl adjacent to an activating group) is 1. The molecule has 94 valence electrons. The van der Waals surface area contributed by atoms with Gasteiger partial charge in [-0.15, -0.1) is 0 Å². The molecule has 2 rings (SSSR count). The van der Waals surface area contributed by atoms with Gasteiger partial charge in [-0.05, 0) is 45.5 Å². The van der Waals surface area contributed by atoms with Crippen molar-refractivity contribution in [3.05, 3.63) is 29.6 Å². The first-order valence-corrected chi connectivity index (χ1v) is 6.22. The Morgan fingerprint density at radius 3 is 2.29 bits per heavy atom. The van der Waals surface area contributed by atoms with Crippen LogP contribution in [0.2, 0.25) is 0 Å². The van der Waals surface area contributed by atoms with Gasteiger partial charge in [0.05, 0.1) is 5.69 Å². The van der Waals surface area contributed by atoms with Crippen molar-refractivity contribution in [2.45, 2.75) is 32.9 Å². The number of hydrogen-bond donors (Lipinski definition) is 0. The van der Waals surface area contributed by atoms with Crippen LogP contribution in [0.25, 0.3) is 0 Å². The number of aryl methyl sites for hydroxylation is 1. The zero-order valence-corrected chi connectivity index (χ0v) is 11.1. The molecule has 0 radical (unpaired) electrons. The predicted octanol–water partition coefficient (Wildman–Crippen LogP) is 2.66. The number of anilines is 1. The summed E-state index contributed by atoms with van der Waals surface area (Å²) in [6.45, 7) is 8.08. The minimum atomic E-state index is -0.103. The molecular weight excluding hydrogens is 215 g/mol. The van der Waals surface area contributed by atoms with E-state index in [0.29, 0.717) is 12.1 Å². The maximum atomic E-state index is 13.9. The quantitative estimate of drug-likeness (QED) is 0.739. The first-order chi connectivity index (χ1) is 7.99. The maximum Gasteiger partial charge on any atom is 0.146 e. The third-order valence-electron chi connectivity index (χ3n) is 3.80. The van der Waals surface area contributed by atoms with Crippen molar-refractivity contribution in [3.63, 3.8) is 0 Å². The fourth-order valence-corrected chi connectivity index (χ4v) is 2.47. The number of piperazine rings is 1. The van der Waals surface area contributed by atoms with E-state index in [-0.39, 0.29) is 5.82 Å². The highest BCUT2D eigenvalue weighted by molar-refractivity contribution is 5.49. The molecule has 1 aliphatic rings. The lowest BCUT2D eigenvalue weighted by molar-refractivity contribution is 0.169. The van der Waals surface area contributed by atoms with Crippen molar-refractivity contribution in [3.8, 4) is 0 Å². The summed E-state index contributed by atoms with van der Waals surface area (Å²) in [5, 5.41) is 0. The summed E-state index contributed by atoms with van der Waals surface area (Å²) in [6.07, 6.45) is 0. The van der Waals surface area contributed by atoms with Gasteiger partial charge in [0.15, 0.2) is 0 Å². The standard InChI is InChI=1S/C14H21FN2/c1-10-5-6-14(13(15)7-10)17-8-11(2)16(4)12(3)9-17/h5-7,11-12H,8-9H2,1-4H3/t11-,12+. The number of benzene rings is 1. The van der Waals surface area contributed by atoms with Crippen molar-refractivity contribution in [1.82, 2.24) is 4.90 Å². The smallest absolute Gasteiger partial charge is 0.146 e. The largest absolute Gasteiger partial charge is 0.366 e. The number of rotatable bonds is 1. The molecule has 0 N–H and O–H groups in total. The molecule has 17 heavy (non-hydrogen) atoms. The lowest BCUT2D eigenvalue weighted by Gasteiger charge is -2.43. The Hall–Kier alpha value is -1.09. The molecule has 1 saturated heterocycles. The van der Waals surface area contributed by atoms with Crippen LogP contribution in [-0.4, -0.2) is 37.1 Å². The molecule has 0 aromatic heterocycles. The normalized spacial score (nSPS) is 26.3. The van der Waals surface area contributed by atoms with Crippen LogP contribution in [0.4, 0.5) is 10.1 Å². The first kappa shape index (κ1) is 12.4. The Bertz CT molecular complexity index is 393. The lowest BCUT2D eigenvalue weighted by Crippen LogP contribution is -2.55. The van der Waals surface area contributed by atoms with Crippen molar-refractivity contribution < 1.29 is 4.39 Å². The second kappa shape index (κ2) is 4.65. The van der Waals surface area contributed by atoms with E-state index in [1.165, 1.54) is 0 Å². The van der Waals surface area contributed by atoms with Crippen LogP contribution in [0.3, 0.4) is 0 Å². The van der Waals surface area contributed by atoms with E-state index in [1.807, 2.05) is 19.1 Å². The summed E-state index contributed by atoms with van der Waals surface area (Å²) >= 11 is 0. The van der Waals surface area contributed by atoms with Gasteiger partial charge in [-0.2, -0.15) is 0 Å². The monoisotopic (exact) mass is 236 g/mol. The SMILES string of the molecule is Cc1ccc(N2C[C@@H](C)N(C)[C@@H](C)C2)c(F)c1. The van der Waals surface area contributed by atoms with Crippen molar-refractivity contribution in [2.24, 2.45) is 0 Å². The zero-order valence-electron chi connectivity index (χ0n) is 11.1. The fraction of sp³-hybridized carbons (Fsp3) is 0.571. The summed E-state index contributed by atoms with van der Waals surface area (Å²) in [6, 6.07) is 6.41.